The molecule has 0 unspecified atom stereocenters. The zero-order chi connectivity index (χ0) is 17.6. The summed E-state index contributed by atoms with van der Waals surface area (Å²) in [7, 11) is 0. The summed E-state index contributed by atoms with van der Waals surface area (Å²) in [5.41, 5.74) is 1.40. The van der Waals surface area contributed by atoms with Gasteiger partial charge in [-0.1, -0.05) is 6.07 Å². The van der Waals surface area contributed by atoms with E-state index in [1.165, 1.54) is 24.3 Å². The number of alkyl halides is 2. The SMILES string of the molecule is O=C(NCCc1ccc2c(c1)OCCO2)c1ccc(OC(F)F)cc1. The Morgan fingerprint density at radius 3 is 2.52 bits per heavy atom. The third-order valence-electron chi connectivity index (χ3n) is 3.65. The molecule has 1 aliphatic heterocycles. The molecule has 132 valence electrons. The van der Waals surface area contributed by atoms with Gasteiger partial charge in [-0.05, 0) is 48.4 Å². The maximum atomic E-state index is 12.1. The maximum Gasteiger partial charge on any atom is 0.387 e. The third kappa shape index (κ3) is 4.59. The van der Waals surface area contributed by atoms with Crippen LogP contribution in [0.2, 0.25) is 0 Å². The van der Waals surface area contributed by atoms with Crippen molar-refractivity contribution >= 4 is 5.91 Å². The Labute approximate surface area is 143 Å². The number of hydrogen-bond donors (Lipinski definition) is 1. The number of rotatable bonds is 6. The first-order chi connectivity index (χ1) is 12.1. The van der Waals surface area contributed by atoms with Crippen LogP contribution in [-0.4, -0.2) is 32.3 Å². The summed E-state index contributed by atoms with van der Waals surface area (Å²) < 4.78 is 39.4. The first-order valence-corrected chi connectivity index (χ1v) is 7.83. The molecule has 3 rings (SSSR count). The average Bonchev–Trinajstić information content (AvgIpc) is 2.61. The summed E-state index contributed by atoms with van der Waals surface area (Å²) in [6, 6.07) is 11.2. The molecule has 1 aliphatic rings. The fraction of sp³-hybridized carbons (Fsp3) is 0.278. The molecule has 0 radical (unpaired) electrons. The van der Waals surface area contributed by atoms with Crippen molar-refractivity contribution in [2.75, 3.05) is 19.8 Å². The fourth-order valence-electron chi connectivity index (χ4n) is 2.45. The van der Waals surface area contributed by atoms with Gasteiger partial charge in [0.25, 0.3) is 5.91 Å². The molecular weight excluding hydrogens is 332 g/mol. The number of hydrogen-bond acceptors (Lipinski definition) is 4. The number of amides is 1. The van der Waals surface area contributed by atoms with E-state index in [0.717, 1.165) is 11.3 Å². The number of fused-ring (bicyclic) bond motifs is 1. The molecule has 0 aromatic heterocycles. The lowest BCUT2D eigenvalue weighted by molar-refractivity contribution is -0.0498. The predicted molar refractivity (Wildman–Crippen MR) is 86.5 cm³/mol. The zero-order valence-corrected chi connectivity index (χ0v) is 13.3. The summed E-state index contributed by atoms with van der Waals surface area (Å²) in [6.45, 7) is -1.37. The van der Waals surface area contributed by atoms with Gasteiger partial charge in [-0.25, -0.2) is 0 Å². The fourth-order valence-corrected chi connectivity index (χ4v) is 2.45. The molecule has 1 N–H and O–H groups in total. The van der Waals surface area contributed by atoms with Gasteiger partial charge in [0.2, 0.25) is 0 Å². The quantitative estimate of drug-likeness (QED) is 0.871. The molecule has 25 heavy (non-hydrogen) atoms. The molecule has 0 bridgehead atoms. The Kier molecular flexibility index (Phi) is 5.33. The van der Waals surface area contributed by atoms with Crippen LogP contribution in [0.5, 0.6) is 17.2 Å². The normalized spacial score (nSPS) is 12.8. The Balaban J connectivity index is 1.50. The van der Waals surface area contributed by atoms with Gasteiger partial charge in [-0.15, -0.1) is 0 Å². The van der Waals surface area contributed by atoms with Crippen molar-refractivity contribution in [2.24, 2.45) is 0 Å². The molecule has 5 nitrogen and oxygen atoms in total. The largest absolute Gasteiger partial charge is 0.486 e. The van der Waals surface area contributed by atoms with Crippen molar-refractivity contribution in [1.82, 2.24) is 5.32 Å². The maximum absolute atomic E-state index is 12.1. The predicted octanol–water partition coefficient (Wildman–Crippen LogP) is 3.03. The molecule has 0 fully saturated rings. The second-order valence-corrected chi connectivity index (χ2v) is 5.39. The molecule has 1 amide bonds. The lowest BCUT2D eigenvalue weighted by Gasteiger charge is -2.18. The zero-order valence-electron chi connectivity index (χ0n) is 13.3. The van der Waals surface area contributed by atoms with E-state index in [0.29, 0.717) is 37.5 Å². The lowest BCUT2D eigenvalue weighted by atomic mass is 10.1. The summed E-state index contributed by atoms with van der Waals surface area (Å²) >= 11 is 0. The minimum absolute atomic E-state index is 0.0165. The molecule has 0 aliphatic carbocycles. The first-order valence-electron chi connectivity index (χ1n) is 7.83. The number of halogens is 2. The molecule has 2 aromatic carbocycles. The summed E-state index contributed by atoms with van der Waals surface area (Å²) in [6.07, 6.45) is 0.634. The van der Waals surface area contributed by atoms with E-state index < -0.39 is 6.61 Å². The highest BCUT2D eigenvalue weighted by Crippen LogP contribution is 2.30. The smallest absolute Gasteiger partial charge is 0.387 e. The minimum atomic E-state index is -2.88. The lowest BCUT2D eigenvalue weighted by Crippen LogP contribution is -2.25. The van der Waals surface area contributed by atoms with E-state index in [9.17, 15) is 13.6 Å². The van der Waals surface area contributed by atoms with E-state index >= 15 is 0 Å². The first kappa shape index (κ1) is 17.0. The van der Waals surface area contributed by atoms with Crippen molar-refractivity contribution in [1.29, 1.82) is 0 Å². The second-order valence-electron chi connectivity index (χ2n) is 5.39. The van der Waals surface area contributed by atoms with Gasteiger partial charge in [0, 0.05) is 12.1 Å². The van der Waals surface area contributed by atoms with Crippen LogP contribution in [0.15, 0.2) is 42.5 Å². The van der Waals surface area contributed by atoms with E-state index in [4.69, 9.17) is 9.47 Å². The van der Waals surface area contributed by atoms with E-state index in [2.05, 4.69) is 10.1 Å². The number of benzene rings is 2. The van der Waals surface area contributed by atoms with Gasteiger partial charge >= 0.3 is 6.61 Å². The van der Waals surface area contributed by atoms with Crippen LogP contribution in [-0.2, 0) is 6.42 Å². The summed E-state index contributed by atoms with van der Waals surface area (Å²) in [5, 5.41) is 2.79. The molecule has 1 heterocycles. The van der Waals surface area contributed by atoms with Crippen molar-refractivity contribution < 1.29 is 27.8 Å². The van der Waals surface area contributed by atoms with Gasteiger partial charge in [0.15, 0.2) is 11.5 Å². The van der Waals surface area contributed by atoms with Gasteiger partial charge < -0.3 is 19.5 Å². The van der Waals surface area contributed by atoms with Crippen LogP contribution in [0.1, 0.15) is 15.9 Å². The van der Waals surface area contributed by atoms with Gasteiger partial charge in [-0.2, -0.15) is 8.78 Å². The molecule has 0 spiro atoms. The van der Waals surface area contributed by atoms with Crippen molar-refractivity contribution in [3.63, 3.8) is 0 Å². The molecule has 0 saturated carbocycles. The molecule has 2 aromatic rings. The molecular formula is C18H17F2NO4. The highest BCUT2D eigenvalue weighted by molar-refractivity contribution is 5.94. The van der Waals surface area contributed by atoms with E-state index in [-0.39, 0.29) is 11.7 Å². The van der Waals surface area contributed by atoms with Crippen molar-refractivity contribution in [2.45, 2.75) is 13.0 Å². The Morgan fingerprint density at radius 2 is 1.80 bits per heavy atom. The number of carbonyl (C=O) groups is 1. The monoisotopic (exact) mass is 349 g/mol. The minimum Gasteiger partial charge on any atom is -0.486 e. The Morgan fingerprint density at radius 1 is 1.08 bits per heavy atom. The number of carbonyl (C=O) groups excluding carboxylic acids is 1. The molecule has 0 atom stereocenters. The van der Waals surface area contributed by atoms with Crippen LogP contribution in [0.4, 0.5) is 8.78 Å². The van der Waals surface area contributed by atoms with Gasteiger partial charge in [-0.3, -0.25) is 4.79 Å². The van der Waals surface area contributed by atoms with Crippen molar-refractivity contribution in [3.05, 3.63) is 53.6 Å². The number of ether oxygens (including phenoxy) is 3. The van der Waals surface area contributed by atoms with Crippen LogP contribution in [0, 0.1) is 0 Å². The summed E-state index contributed by atoms with van der Waals surface area (Å²) in [4.78, 5) is 12.1. The van der Waals surface area contributed by atoms with Gasteiger partial charge in [0.05, 0.1) is 0 Å². The highest BCUT2D eigenvalue weighted by atomic mass is 19.3. The van der Waals surface area contributed by atoms with Crippen LogP contribution < -0.4 is 19.5 Å². The van der Waals surface area contributed by atoms with Gasteiger partial charge in [0.1, 0.15) is 19.0 Å². The topological polar surface area (TPSA) is 56.8 Å². The standard InChI is InChI=1S/C18H17F2NO4/c19-18(20)25-14-4-2-13(3-5-14)17(22)21-8-7-12-1-6-15-16(11-12)24-10-9-23-15/h1-6,11,18H,7-10H2,(H,21,22). The van der Waals surface area contributed by atoms with Crippen LogP contribution in [0.3, 0.4) is 0 Å². The molecule has 7 heteroatoms. The average molecular weight is 349 g/mol. The van der Waals surface area contributed by atoms with E-state index in [1.54, 1.807) is 0 Å². The third-order valence-corrected chi connectivity index (χ3v) is 3.65. The van der Waals surface area contributed by atoms with Crippen LogP contribution >= 0.6 is 0 Å². The second kappa shape index (κ2) is 7.83. The van der Waals surface area contributed by atoms with Crippen molar-refractivity contribution in [3.8, 4) is 17.2 Å². The summed E-state index contributed by atoms with van der Waals surface area (Å²) in [5.74, 6) is 1.18. The Bertz CT molecular complexity index is 734. The van der Waals surface area contributed by atoms with E-state index in [1.807, 2.05) is 18.2 Å². The molecule has 0 saturated heterocycles. The van der Waals surface area contributed by atoms with Crippen LogP contribution in [0.25, 0.3) is 0 Å². The highest BCUT2D eigenvalue weighted by Gasteiger charge is 2.12. The number of nitrogens with one attached hydrogen (secondary N) is 1. The Hall–Kier alpha value is -2.83.